The SMILES string of the molecule is Cc1ccc(NC(=O)CSc2nnc(Cc3ccccc3)n2-c2cccc(Cl)c2)c(C)c1. The third kappa shape index (κ3) is 5.39. The van der Waals surface area contributed by atoms with E-state index in [-0.39, 0.29) is 11.7 Å². The molecule has 4 aromatic rings. The van der Waals surface area contributed by atoms with Crippen LogP contribution in [0, 0.1) is 13.8 Å². The molecule has 1 amide bonds. The summed E-state index contributed by atoms with van der Waals surface area (Å²) < 4.78 is 1.97. The minimum absolute atomic E-state index is 0.0905. The Hall–Kier alpha value is -3.09. The summed E-state index contributed by atoms with van der Waals surface area (Å²) in [4.78, 5) is 12.6. The van der Waals surface area contributed by atoms with Crippen molar-refractivity contribution < 1.29 is 4.79 Å². The Bertz CT molecular complexity index is 1240. The molecule has 0 aliphatic heterocycles. The number of halogens is 1. The summed E-state index contributed by atoms with van der Waals surface area (Å²) in [6.07, 6.45) is 0.621. The minimum Gasteiger partial charge on any atom is -0.325 e. The average molecular weight is 463 g/mol. The van der Waals surface area contributed by atoms with Gasteiger partial charge in [-0.2, -0.15) is 0 Å². The van der Waals surface area contributed by atoms with Gasteiger partial charge in [-0.15, -0.1) is 10.2 Å². The van der Waals surface area contributed by atoms with Gasteiger partial charge in [-0.05, 0) is 49.2 Å². The number of aromatic nitrogens is 3. The van der Waals surface area contributed by atoms with Crippen LogP contribution in [-0.2, 0) is 11.2 Å². The number of carbonyl (C=O) groups is 1. The van der Waals surface area contributed by atoms with Crippen LogP contribution in [0.4, 0.5) is 5.69 Å². The topological polar surface area (TPSA) is 59.8 Å². The maximum absolute atomic E-state index is 12.6. The van der Waals surface area contributed by atoms with E-state index < -0.39 is 0 Å². The van der Waals surface area contributed by atoms with E-state index in [0.717, 1.165) is 33.9 Å². The number of thioether (sulfide) groups is 1. The van der Waals surface area contributed by atoms with Crippen molar-refractivity contribution in [2.45, 2.75) is 25.4 Å². The monoisotopic (exact) mass is 462 g/mol. The summed E-state index contributed by atoms with van der Waals surface area (Å²) in [6, 6.07) is 23.6. The molecule has 0 aliphatic rings. The first-order chi connectivity index (χ1) is 15.5. The van der Waals surface area contributed by atoms with Gasteiger partial charge in [-0.3, -0.25) is 9.36 Å². The van der Waals surface area contributed by atoms with E-state index in [1.807, 2.05) is 79.1 Å². The van der Waals surface area contributed by atoms with E-state index in [1.54, 1.807) is 0 Å². The number of hydrogen-bond donors (Lipinski definition) is 1. The minimum atomic E-state index is -0.0905. The van der Waals surface area contributed by atoms with Crippen molar-refractivity contribution in [1.29, 1.82) is 0 Å². The Kier molecular flexibility index (Phi) is 6.93. The molecule has 0 spiro atoms. The Morgan fingerprint density at radius 1 is 1.00 bits per heavy atom. The Balaban J connectivity index is 1.55. The van der Waals surface area contributed by atoms with Gasteiger partial charge in [-0.1, -0.05) is 77.5 Å². The Labute approximate surface area is 196 Å². The number of carbonyl (C=O) groups excluding carboxylic acids is 1. The lowest BCUT2D eigenvalue weighted by Gasteiger charge is -2.12. The predicted molar refractivity (Wildman–Crippen MR) is 131 cm³/mol. The van der Waals surface area contributed by atoms with Crippen LogP contribution in [0.15, 0.2) is 78.0 Å². The third-order valence-corrected chi connectivity index (χ3v) is 6.12. The highest BCUT2D eigenvalue weighted by Crippen LogP contribution is 2.26. The largest absolute Gasteiger partial charge is 0.325 e. The fraction of sp³-hybridized carbons (Fsp3) is 0.160. The second-order valence-corrected chi connectivity index (χ2v) is 8.91. The number of rotatable bonds is 7. The molecule has 32 heavy (non-hydrogen) atoms. The van der Waals surface area contributed by atoms with Gasteiger partial charge in [0.15, 0.2) is 5.16 Å². The maximum Gasteiger partial charge on any atom is 0.234 e. The lowest BCUT2D eigenvalue weighted by molar-refractivity contribution is -0.113. The fourth-order valence-electron chi connectivity index (χ4n) is 3.43. The first-order valence-corrected chi connectivity index (χ1v) is 11.6. The van der Waals surface area contributed by atoms with Crippen molar-refractivity contribution in [2.24, 2.45) is 0 Å². The highest BCUT2D eigenvalue weighted by Gasteiger charge is 2.17. The normalized spacial score (nSPS) is 10.8. The van der Waals surface area contributed by atoms with Gasteiger partial charge in [0.2, 0.25) is 5.91 Å². The highest BCUT2D eigenvalue weighted by atomic mass is 35.5. The van der Waals surface area contributed by atoms with Crippen LogP contribution in [-0.4, -0.2) is 26.4 Å². The number of benzene rings is 3. The van der Waals surface area contributed by atoms with E-state index in [2.05, 4.69) is 27.6 Å². The summed E-state index contributed by atoms with van der Waals surface area (Å²) >= 11 is 7.59. The molecule has 0 aliphatic carbocycles. The first kappa shape index (κ1) is 22.1. The molecular formula is C25H23ClN4OS. The van der Waals surface area contributed by atoms with Gasteiger partial charge in [-0.25, -0.2) is 0 Å². The Morgan fingerprint density at radius 2 is 1.81 bits per heavy atom. The van der Waals surface area contributed by atoms with Crippen molar-refractivity contribution in [3.63, 3.8) is 0 Å². The molecule has 0 saturated carbocycles. The van der Waals surface area contributed by atoms with Crippen molar-refractivity contribution in [3.05, 3.63) is 100 Å². The summed E-state index contributed by atoms with van der Waals surface area (Å²) in [6.45, 7) is 4.02. The molecular weight excluding hydrogens is 440 g/mol. The summed E-state index contributed by atoms with van der Waals surface area (Å²) in [7, 11) is 0. The van der Waals surface area contributed by atoms with Crippen molar-refractivity contribution >= 4 is 35.0 Å². The predicted octanol–water partition coefficient (Wildman–Crippen LogP) is 5.86. The van der Waals surface area contributed by atoms with Gasteiger partial charge in [0.25, 0.3) is 0 Å². The Morgan fingerprint density at radius 3 is 2.56 bits per heavy atom. The number of hydrogen-bond acceptors (Lipinski definition) is 4. The number of anilines is 1. The van der Waals surface area contributed by atoms with Crippen LogP contribution >= 0.6 is 23.4 Å². The number of nitrogens with one attached hydrogen (secondary N) is 1. The second-order valence-electron chi connectivity index (χ2n) is 7.53. The zero-order valence-corrected chi connectivity index (χ0v) is 19.5. The van der Waals surface area contributed by atoms with E-state index >= 15 is 0 Å². The van der Waals surface area contributed by atoms with Crippen LogP contribution in [0.5, 0.6) is 0 Å². The zero-order valence-electron chi connectivity index (χ0n) is 17.9. The summed E-state index contributed by atoms with van der Waals surface area (Å²) in [5.74, 6) is 0.917. The molecule has 162 valence electrons. The molecule has 1 aromatic heterocycles. The quantitative estimate of drug-likeness (QED) is 0.349. The molecule has 0 atom stereocenters. The van der Waals surface area contributed by atoms with Gasteiger partial charge in [0.1, 0.15) is 5.82 Å². The lowest BCUT2D eigenvalue weighted by atomic mass is 10.1. The molecule has 1 heterocycles. The number of aryl methyl sites for hydroxylation is 2. The molecule has 0 fully saturated rings. The van der Waals surface area contributed by atoms with E-state index in [4.69, 9.17) is 11.6 Å². The summed E-state index contributed by atoms with van der Waals surface area (Å²) in [5, 5.41) is 13.1. The van der Waals surface area contributed by atoms with E-state index in [9.17, 15) is 4.79 Å². The zero-order chi connectivity index (χ0) is 22.5. The van der Waals surface area contributed by atoms with Crippen molar-refractivity contribution in [2.75, 3.05) is 11.1 Å². The lowest BCUT2D eigenvalue weighted by Crippen LogP contribution is -2.15. The van der Waals surface area contributed by atoms with Crippen molar-refractivity contribution in [1.82, 2.24) is 14.8 Å². The molecule has 0 bridgehead atoms. The van der Waals surface area contributed by atoms with Crippen LogP contribution in [0.1, 0.15) is 22.5 Å². The van der Waals surface area contributed by atoms with Gasteiger partial charge in [0, 0.05) is 17.1 Å². The molecule has 4 rings (SSSR count). The van der Waals surface area contributed by atoms with Gasteiger partial charge >= 0.3 is 0 Å². The van der Waals surface area contributed by atoms with Crippen LogP contribution < -0.4 is 5.32 Å². The molecule has 3 aromatic carbocycles. The fourth-order valence-corrected chi connectivity index (χ4v) is 4.39. The van der Waals surface area contributed by atoms with Crippen LogP contribution in [0.3, 0.4) is 0 Å². The molecule has 7 heteroatoms. The second kappa shape index (κ2) is 10.0. The van der Waals surface area contributed by atoms with Crippen molar-refractivity contribution in [3.8, 4) is 5.69 Å². The standard InChI is InChI=1S/C25H23ClN4OS/c1-17-11-12-22(18(2)13-17)27-24(31)16-32-25-29-28-23(14-19-7-4-3-5-8-19)30(25)21-10-6-9-20(26)15-21/h3-13,15H,14,16H2,1-2H3,(H,27,31). The number of nitrogens with zero attached hydrogens (tertiary/aromatic N) is 3. The summed E-state index contributed by atoms with van der Waals surface area (Å²) in [5.41, 5.74) is 5.02. The van der Waals surface area contributed by atoms with E-state index in [0.29, 0.717) is 16.6 Å². The van der Waals surface area contributed by atoms with E-state index in [1.165, 1.54) is 11.8 Å². The molecule has 1 N–H and O–H groups in total. The highest BCUT2D eigenvalue weighted by molar-refractivity contribution is 7.99. The molecule has 0 radical (unpaired) electrons. The maximum atomic E-state index is 12.6. The molecule has 5 nitrogen and oxygen atoms in total. The van der Waals surface area contributed by atoms with Crippen LogP contribution in [0.2, 0.25) is 5.02 Å². The smallest absolute Gasteiger partial charge is 0.234 e. The van der Waals surface area contributed by atoms with Gasteiger partial charge < -0.3 is 5.32 Å². The first-order valence-electron chi connectivity index (χ1n) is 10.2. The van der Waals surface area contributed by atoms with Crippen LogP contribution in [0.25, 0.3) is 5.69 Å². The third-order valence-electron chi connectivity index (χ3n) is 4.96. The molecule has 0 saturated heterocycles. The number of amides is 1. The average Bonchev–Trinajstić information content (AvgIpc) is 3.17. The van der Waals surface area contributed by atoms with Gasteiger partial charge in [0.05, 0.1) is 11.4 Å². The molecule has 0 unspecified atom stereocenters.